The molecule has 0 saturated heterocycles. The molecule has 0 aliphatic heterocycles. The number of aromatic nitrogens is 1. The molecule has 1 heterocycles. The minimum atomic E-state index is 0.597. The molecular weight excluding hydrogens is 216 g/mol. The smallest absolute Gasteiger partial charge is 0.275 e. The number of nitrogens with two attached hydrogens (primary N) is 1. The minimum Gasteiger partial charge on any atom is -0.470 e. The van der Waals surface area contributed by atoms with Crippen molar-refractivity contribution in [2.45, 2.75) is 6.42 Å². The summed E-state index contributed by atoms with van der Waals surface area (Å²) in [6.07, 6.45) is 2.43. The van der Waals surface area contributed by atoms with Gasteiger partial charge in [-0.2, -0.15) is 0 Å². The fourth-order valence-corrected chi connectivity index (χ4v) is 1.46. The van der Waals surface area contributed by atoms with Crippen molar-refractivity contribution in [1.29, 1.82) is 0 Å². The highest BCUT2D eigenvalue weighted by molar-refractivity contribution is 7.17. The van der Waals surface area contributed by atoms with Crippen molar-refractivity contribution < 1.29 is 14.2 Å². The molecule has 1 rings (SSSR count). The topological polar surface area (TPSA) is 66.6 Å². The fraction of sp³-hybridized carbons (Fsp3) is 0.667. The van der Waals surface area contributed by atoms with Crippen molar-refractivity contribution in [3.8, 4) is 5.19 Å². The summed E-state index contributed by atoms with van der Waals surface area (Å²) in [6.45, 7) is 2.52. The molecule has 0 aromatic carbocycles. The Labute approximate surface area is 93.2 Å². The average molecular weight is 232 g/mol. The third-order valence-corrected chi connectivity index (χ3v) is 2.33. The predicted molar refractivity (Wildman–Crippen MR) is 59.3 cm³/mol. The van der Waals surface area contributed by atoms with Crippen LogP contribution in [0.15, 0.2) is 6.20 Å². The van der Waals surface area contributed by atoms with Gasteiger partial charge in [-0.3, -0.25) is 0 Å². The van der Waals surface area contributed by atoms with Gasteiger partial charge in [0, 0.05) is 20.1 Å². The number of methoxy groups -OCH3 is 1. The Hall–Kier alpha value is -0.850. The molecule has 0 radical (unpaired) electrons. The van der Waals surface area contributed by atoms with Crippen LogP contribution in [0.5, 0.6) is 5.19 Å². The Kier molecular flexibility index (Phi) is 6.06. The highest BCUT2D eigenvalue weighted by atomic mass is 32.1. The van der Waals surface area contributed by atoms with E-state index in [9.17, 15) is 0 Å². The van der Waals surface area contributed by atoms with Crippen LogP contribution < -0.4 is 10.5 Å². The number of nitrogens with zero attached hydrogens (tertiary/aromatic N) is 1. The number of thiazole rings is 1. The van der Waals surface area contributed by atoms with Crippen LogP contribution in [0.25, 0.3) is 0 Å². The van der Waals surface area contributed by atoms with Gasteiger partial charge in [0.25, 0.3) is 5.19 Å². The molecule has 86 valence electrons. The average Bonchev–Trinajstić information content (AvgIpc) is 2.63. The van der Waals surface area contributed by atoms with Crippen molar-refractivity contribution >= 4 is 16.3 Å². The van der Waals surface area contributed by atoms with Crippen molar-refractivity contribution in [1.82, 2.24) is 4.98 Å². The normalized spacial score (nSPS) is 10.5. The van der Waals surface area contributed by atoms with Gasteiger partial charge in [0.1, 0.15) is 5.00 Å². The molecule has 2 N–H and O–H groups in total. The van der Waals surface area contributed by atoms with Gasteiger partial charge in [-0.25, -0.2) is 4.98 Å². The summed E-state index contributed by atoms with van der Waals surface area (Å²) >= 11 is 1.34. The van der Waals surface area contributed by atoms with Crippen molar-refractivity contribution in [2.75, 3.05) is 39.3 Å². The zero-order chi connectivity index (χ0) is 10.9. The molecule has 0 aliphatic rings. The van der Waals surface area contributed by atoms with Crippen molar-refractivity contribution in [2.24, 2.45) is 0 Å². The van der Waals surface area contributed by atoms with Gasteiger partial charge in [0.15, 0.2) is 0 Å². The number of anilines is 1. The lowest BCUT2D eigenvalue weighted by Crippen LogP contribution is -2.06. The van der Waals surface area contributed by atoms with E-state index < -0.39 is 0 Å². The summed E-state index contributed by atoms with van der Waals surface area (Å²) in [4.78, 5) is 3.97. The summed E-state index contributed by atoms with van der Waals surface area (Å²) in [5, 5.41) is 1.28. The molecule has 6 heteroatoms. The molecule has 0 bridgehead atoms. The zero-order valence-electron chi connectivity index (χ0n) is 8.77. The quantitative estimate of drug-likeness (QED) is 0.681. The summed E-state index contributed by atoms with van der Waals surface area (Å²) < 4.78 is 15.5. The molecule has 0 amide bonds. The van der Waals surface area contributed by atoms with Gasteiger partial charge < -0.3 is 19.9 Å². The van der Waals surface area contributed by atoms with Crippen LogP contribution >= 0.6 is 11.3 Å². The lowest BCUT2D eigenvalue weighted by Gasteiger charge is -2.03. The predicted octanol–water partition coefficient (Wildman–Crippen LogP) is 1.16. The first-order chi connectivity index (χ1) is 7.33. The molecule has 15 heavy (non-hydrogen) atoms. The van der Waals surface area contributed by atoms with Crippen LogP contribution in [0, 0.1) is 0 Å². The number of nitrogen functional groups attached to an aromatic ring is 1. The fourth-order valence-electron chi connectivity index (χ4n) is 0.901. The number of ether oxygens (including phenoxy) is 3. The van der Waals surface area contributed by atoms with E-state index in [-0.39, 0.29) is 0 Å². The van der Waals surface area contributed by atoms with Crippen molar-refractivity contribution in [3.05, 3.63) is 6.20 Å². The highest BCUT2D eigenvalue weighted by Crippen LogP contribution is 2.21. The van der Waals surface area contributed by atoms with E-state index in [1.165, 1.54) is 11.3 Å². The Morgan fingerprint density at radius 3 is 2.87 bits per heavy atom. The van der Waals surface area contributed by atoms with Crippen LogP contribution in [0.4, 0.5) is 5.00 Å². The summed E-state index contributed by atoms with van der Waals surface area (Å²) in [7, 11) is 1.65. The second-order valence-electron chi connectivity index (χ2n) is 2.84. The third kappa shape index (κ3) is 5.56. The van der Waals surface area contributed by atoms with E-state index in [1.54, 1.807) is 13.3 Å². The van der Waals surface area contributed by atoms with Crippen LogP contribution in [-0.2, 0) is 9.47 Å². The maximum atomic E-state index is 5.50. The first-order valence-corrected chi connectivity index (χ1v) is 5.55. The molecule has 1 aromatic heterocycles. The summed E-state index contributed by atoms with van der Waals surface area (Å²) in [5.74, 6) is 0. The molecule has 0 saturated carbocycles. The second kappa shape index (κ2) is 7.44. The molecular formula is C9H16N2O3S. The molecule has 0 atom stereocenters. The maximum Gasteiger partial charge on any atom is 0.275 e. The zero-order valence-corrected chi connectivity index (χ0v) is 9.59. The third-order valence-electron chi connectivity index (χ3n) is 1.59. The summed E-state index contributed by atoms with van der Waals surface area (Å²) in [5.41, 5.74) is 5.50. The van der Waals surface area contributed by atoms with E-state index in [4.69, 9.17) is 19.9 Å². The Morgan fingerprint density at radius 2 is 2.20 bits per heavy atom. The van der Waals surface area contributed by atoms with Gasteiger partial charge in [0.05, 0.1) is 26.0 Å². The second-order valence-corrected chi connectivity index (χ2v) is 3.86. The SMILES string of the molecule is COCCOCCCOc1ncc(N)s1. The van der Waals surface area contributed by atoms with Gasteiger partial charge in [-0.1, -0.05) is 11.3 Å². The lowest BCUT2D eigenvalue weighted by molar-refractivity contribution is 0.0644. The van der Waals surface area contributed by atoms with E-state index in [1.807, 2.05) is 0 Å². The van der Waals surface area contributed by atoms with Crippen LogP contribution in [0.3, 0.4) is 0 Å². The van der Waals surface area contributed by atoms with Crippen molar-refractivity contribution in [3.63, 3.8) is 0 Å². The minimum absolute atomic E-state index is 0.597. The molecule has 0 spiro atoms. The van der Waals surface area contributed by atoms with E-state index in [0.717, 1.165) is 6.42 Å². The Bertz CT molecular complexity index is 268. The standard InChI is InChI=1S/C9H16N2O3S/c1-12-5-6-13-3-2-4-14-9-11-7-8(10)15-9/h7H,2-6,10H2,1H3. The largest absolute Gasteiger partial charge is 0.470 e. The van der Waals surface area contributed by atoms with Gasteiger partial charge >= 0.3 is 0 Å². The maximum absolute atomic E-state index is 5.50. The van der Waals surface area contributed by atoms with Crippen LogP contribution in [0.2, 0.25) is 0 Å². The molecule has 1 aromatic rings. The van der Waals surface area contributed by atoms with Gasteiger partial charge in [-0.15, -0.1) is 0 Å². The molecule has 5 nitrogen and oxygen atoms in total. The van der Waals surface area contributed by atoms with E-state index >= 15 is 0 Å². The van der Waals surface area contributed by atoms with Gasteiger partial charge in [-0.05, 0) is 0 Å². The molecule has 0 fully saturated rings. The lowest BCUT2D eigenvalue weighted by atomic mass is 10.5. The highest BCUT2D eigenvalue weighted by Gasteiger charge is 1.98. The van der Waals surface area contributed by atoms with Crippen LogP contribution in [-0.4, -0.2) is 38.5 Å². The first-order valence-electron chi connectivity index (χ1n) is 4.73. The van der Waals surface area contributed by atoms with Crippen LogP contribution in [0.1, 0.15) is 6.42 Å². The Morgan fingerprint density at radius 1 is 1.33 bits per heavy atom. The summed E-state index contributed by atoms with van der Waals surface area (Å²) in [6, 6.07) is 0. The number of hydrogen-bond donors (Lipinski definition) is 1. The first kappa shape index (κ1) is 12.2. The monoisotopic (exact) mass is 232 g/mol. The van der Waals surface area contributed by atoms with E-state index in [2.05, 4.69) is 4.98 Å². The number of rotatable bonds is 8. The Balaban J connectivity index is 1.93. The number of hydrogen-bond acceptors (Lipinski definition) is 6. The molecule has 0 unspecified atom stereocenters. The molecule has 0 aliphatic carbocycles. The van der Waals surface area contributed by atoms with Gasteiger partial charge in [0.2, 0.25) is 0 Å². The van der Waals surface area contributed by atoms with E-state index in [0.29, 0.717) is 36.6 Å².